The Hall–Kier alpha value is -1.33. The molecule has 1 aromatic rings. The molecule has 0 fully saturated rings. The quantitative estimate of drug-likeness (QED) is 0.680. The van der Waals surface area contributed by atoms with Crippen molar-refractivity contribution in [2.75, 3.05) is 11.9 Å². The summed E-state index contributed by atoms with van der Waals surface area (Å²) in [6, 6.07) is 2.83. The molecule has 1 aromatic heterocycles. The van der Waals surface area contributed by atoms with E-state index in [0.29, 0.717) is 19.4 Å². The van der Waals surface area contributed by atoms with Crippen LogP contribution in [0.5, 0.6) is 0 Å². The van der Waals surface area contributed by atoms with Crippen molar-refractivity contribution < 1.29 is 15.0 Å². The van der Waals surface area contributed by atoms with Gasteiger partial charge in [0, 0.05) is 6.54 Å². The van der Waals surface area contributed by atoms with Crippen molar-refractivity contribution in [3.63, 3.8) is 0 Å². The van der Waals surface area contributed by atoms with E-state index in [1.807, 2.05) is 6.92 Å². The van der Waals surface area contributed by atoms with Gasteiger partial charge in [-0.2, -0.15) is 0 Å². The van der Waals surface area contributed by atoms with Crippen LogP contribution in [0.1, 0.15) is 30.1 Å². The minimum Gasteiger partial charge on any atom is -0.478 e. The van der Waals surface area contributed by atoms with Crippen molar-refractivity contribution in [2.24, 2.45) is 0 Å². The van der Waals surface area contributed by atoms with Gasteiger partial charge in [0.1, 0.15) is 16.5 Å². The Labute approximate surface area is 104 Å². The second-order valence-electron chi connectivity index (χ2n) is 3.61. The lowest BCUT2D eigenvalue weighted by molar-refractivity contribution is 0.0697. The Bertz CT molecular complexity index is 398. The summed E-state index contributed by atoms with van der Waals surface area (Å²) >= 11 is 5.70. The first-order valence-corrected chi connectivity index (χ1v) is 5.74. The molecule has 0 aliphatic rings. The number of hydrogen-bond acceptors (Lipinski definition) is 4. The monoisotopic (exact) mass is 258 g/mol. The number of carboxylic acids is 1. The molecule has 0 radical (unpaired) electrons. The van der Waals surface area contributed by atoms with E-state index in [0.717, 1.165) is 0 Å². The number of carbonyl (C=O) groups is 1. The molecule has 3 N–H and O–H groups in total. The SMILES string of the molecule is CCC(O)CCNc1nc(Cl)ccc1C(=O)O. The fourth-order valence-corrected chi connectivity index (χ4v) is 1.45. The summed E-state index contributed by atoms with van der Waals surface area (Å²) in [5.41, 5.74) is 0.0698. The third-order valence-electron chi connectivity index (χ3n) is 2.33. The van der Waals surface area contributed by atoms with Gasteiger partial charge >= 0.3 is 5.97 Å². The number of carboxylic acid groups (broad SMARTS) is 1. The van der Waals surface area contributed by atoms with Gasteiger partial charge in [-0.05, 0) is 25.0 Å². The molecular formula is C11H15ClN2O3. The van der Waals surface area contributed by atoms with E-state index in [9.17, 15) is 9.90 Å². The number of nitrogens with one attached hydrogen (secondary N) is 1. The van der Waals surface area contributed by atoms with Crippen molar-refractivity contribution in [1.29, 1.82) is 0 Å². The van der Waals surface area contributed by atoms with Crippen LogP contribution in [0, 0.1) is 0 Å². The van der Waals surface area contributed by atoms with Crippen molar-refractivity contribution in [3.05, 3.63) is 22.8 Å². The first kappa shape index (κ1) is 13.7. The van der Waals surface area contributed by atoms with Crippen molar-refractivity contribution in [3.8, 4) is 0 Å². The Morgan fingerprint density at radius 1 is 1.59 bits per heavy atom. The normalized spacial score (nSPS) is 12.2. The van der Waals surface area contributed by atoms with Gasteiger partial charge in [-0.3, -0.25) is 0 Å². The van der Waals surface area contributed by atoms with Crippen molar-refractivity contribution >= 4 is 23.4 Å². The maximum atomic E-state index is 10.9. The summed E-state index contributed by atoms with van der Waals surface area (Å²) in [7, 11) is 0. The predicted molar refractivity (Wildman–Crippen MR) is 65.6 cm³/mol. The zero-order chi connectivity index (χ0) is 12.8. The van der Waals surface area contributed by atoms with Crippen LogP contribution < -0.4 is 5.32 Å². The van der Waals surface area contributed by atoms with Gasteiger partial charge < -0.3 is 15.5 Å². The molecule has 0 saturated carbocycles. The number of halogens is 1. The highest BCUT2D eigenvalue weighted by Gasteiger charge is 2.12. The highest BCUT2D eigenvalue weighted by atomic mass is 35.5. The molecule has 1 heterocycles. The molecule has 0 aliphatic carbocycles. The summed E-state index contributed by atoms with van der Waals surface area (Å²) in [6.07, 6.45) is 0.801. The number of aliphatic hydroxyl groups is 1. The number of aliphatic hydroxyl groups excluding tert-OH is 1. The van der Waals surface area contributed by atoms with Crippen LogP contribution >= 0.6 is 11.6 Å². The Morgan fingerprint density at radius 3 is 2.88 bits per heavy atom. The van der Waals surface area contributed by atoms with Crippen LogP contribution in [0.25, 0.3) is 0 Å². The number of hydrogen-bond donors (Lipinski definition) is 3. The number of aromatic nitrogens is 1. The highest BCUT2D eigenvalue weighted by molar-refractivity contribution is 6.29. The lowest BCUT2D eigenvalue weighted by Gasteiger charge is -2.11. The standard InChI is InChI=1S/C11H15ClN2O3/c1-2-7(15)5-6-13-10-8(11(16)17)3-4-9(12)14-10/h3-4,7,15H,2,5-6H2,1H3,(H,13,14)(H,16,17). The molecule has 5 nitrogen and oxygen atoms in total. The number of anilines is 1. The van der Waals surface area contributed by atoms with Gasteiger partial charge in [0.25, 0.3) is 0 Å². The third-order valence-corrected chi connectivity index (χ3v) is 2.54. The smallest absolute Gasteiger partial charge is 0.339 e. The average Bonchev–Trinajstić information content (AvgIpc) is 2.28. The van der Waals surface area contributed by atoms with E-state index in [1.54, 1.807) is 0 Å². The average molecular weight is 259 g/mol. The minimum atomic E-state index is -1.06. The molecule has 0 amide bonds. The first-order chi connectivity index (χ1) is 8.04. The molecule has 1 unspecified atom stereocenters. The fraction of sp³-hybridized carbons (Fsp3) is 0.455. The summed E-state index contributed by atoms with van der Waals surface area (Å²) in [4.78, 5) is 14.8. The van der Waals surface area contributed by atoms with Gasteiger partial charge in [-0.25, -0.2) is 9.78 Å². The van der Waals surface area contributed by atoms with E-state index in [2.05, 4.69) is 10.3 Å². The molecule has 0 saturated heterocycles. The van der Waals surface area contributed by atoms with E-state index in [-0.39, 0.29) is 16.5 Å². The van der Waals surface area contributed by atoms with Crippen LogP contribution in [0.2, 0.25) is 5.15 Å². The lowest BCUT2D eigenvalue weighted by atomic mass is 10.2. The fourth-order valence-electron chi connectivity index (χ4n) is 1.30. The summed E-state index contributed by atoms with van der Waals surface area (Å²) < 4.78 is 0. The summed E-state index contributed by atoms with van der Waals surface area (Å²) in [6.45, 7) is 2.33. The topological polar surface area (TPSA) is 82.5 Å². The summed E-state index contributed by atoms with van der Waals surface area (Å²) in [5, 5.41) is 21.4. The summed E-state index contributed by atoms with van der Waals surface area (Å²) in [5.74, 6) is -0.832. The second-order valence-corrected chi connectivity index (χ2v) is 4.00. The van der Waals surface area contributed by atoms with Crippen molar-refractivity contribution in [2.45, 2.75) is 25.9 Å². The molecule has 94 valence electrons. The number of pyridine rings is 1. The van der Waals surface area contributed by atoms with Gasteiger partial charge in [-0.1, -0.05) is 18.5 Å². The molecule has 1 atom stereocenters. The van der Waals surface area contributed by atoms with E-state index in [1.165, 1.54) is 12.1 Å². The predicted octanol–water partition coefficient (Wildman–Crippen LogP) is 2.01. The molecular weight excluding hydrogens is 244 g/mol. The zero-order valence-corrected chi connectivity index (χ0v) is 10.2. The molecule has 17 heavy (non-hydrogen) atoms. The Morgan fingerprint density at radius 2 is 2.29 bits per heavy atom. The molecule has 0 bridgehead atoms. The highest BCUT2D eigenvalue weighted by Crippen LogP contribution is 2.16. The Kier molecular flexibility index (Phi) is 5.18. The van der Waals surface area contributed by atoms with E-state index >= 15 is 0 Å². The van der Waals surface area contributed by atoms with Crippen LogP contribution in [0.15, 0.2) is 12.1 Å². The molecule has 0 aromatic carbocycles. The van der Waals surface area contributed by atoms with Gasteiger partial charge in [0.2, 0.25) is 0 Å². The maximum absolute atomic E-state index is 10.9. The first-order valence-electron chi connectivity index (χ1n) is 5.36. The van der Waals surface area contributed by atoms with Gasteiger partial charge in [0.05, 0.1) is 6.10 Å². The molecule has 0 aliphatic heterocycles. The Balaban J connectivity index is 2.68. The molecule has 1 rings (SSSR count). The van der Waals surface area contributed by atoms with E-state index in [4.69, 9.17) is 16.7 Å². The van der Waals surface area contributed by atoms with Crippen LogP contribution in [-0.4, -0.2) is 33.8 Å². The number of rotatable bonds is 6. The lowest BCUT2D eigenvalue weighted by Crippen LogP contribution is -2.15. The maximum Gasteiger partial charge on any atom is 0.339 e. The minimum absolute atomic E-state index is 0.0698. The van der Waals surface area contributed by atoms with Gasteiger partial charge in [0.15, 0.2) is 0 Å². The number of aromatic carboxylic acids is 1. The van der Waals surface area contributed by atoms with Crippen molar-refractivity contribution in [1.82, 2.24) is 4.98 Å². The number of nitrogens with zero attached hydrogens (tertiary/aromatic N) is 1. The van der Waals surface area contributed by atoms with Crippen LogP contribution in [0.3, 0.4) is 0 Å². The largest absolute Gasteiger partial charge is 0.478 e. The van der Waals surface area contributed by atoms with Gasteiger partial charge in [-0.15, -0.1) is 0 Å². The van der Waals surface area contributed by atoms with Crippen LogP contribution in [0.4, 0.5) is 5.82 Å². The second kappa shape index (κ2) is 6.42. The zero-order valence-electron chi connectivity index (χ0n) is 9.48. The van der Waals surface area contributed by atoms with E-state index < -0.39 is 12.1 Å². The molecule has 0 spiro atoms. The van der Waals surface area contributed by atoms with Crippen LogP contribution in [-0.2, 0) is 0 Å². The third kappa shape index (κ3) is 4.20. The molecule has 6 heteroatoms.